The average molecular weight is 330 g/mol. The Morgan fingerprint density at radius 1 is 1.09 bits per heavy atom. The second kappa shape index (κ2) is 5.79. The summed E-state index contributed by atoms with van der Waals surface area (Å²) in [4.78, 5) is 15.5. The lowest BCUT2D eigenvalue weighted by Gasteiger charge is -2.03. The van der Waals surface area contributed by atoms with Crippen molar-refractivity contribution in [3.63, 3.8) is 0 Å². The van der Waals surface area contributed by atoms with Gasteiger partial charge in [-0.3, -0.25) is 4.79 Å². The molecule has 4 nitrogen and oxygen atoms in total. The first-order chi connectivity index (χ1) is 10.6. The van der Waals surface area contributed by atoms with Crippen molar-refractivity contribution in [2.24, 2.45) is 16.5 Å². The number of amides is 1. The third kappa shape index (κ3) is 2.68. The molecule has 0 radical (unpaired) electrons. The maximum atomic E-state index is 11.9. The number of nitrogens with two attached hydrogens (primary N) is 2. The van der Waals surface area contributed by atoms with Crippen LogP contribution < -0.4 is 11.5 Å². The zero-order valence-electron chi connectivity index (χ0n) is 11.4. The lowest BCUT2D eigenvalue weighted by atomic mass is 10.0. The molecule has 1 aromatic heterocycles. The Morgan fingerprint density at radius 2 is 1.86 bits per heavy atom. The highest BCUT2D eigenvalue weighted by molar-refractivity contribution is 7.23. The maximum Gasteiger partial charge on any atom is 0.280 e. The smallest absolute Gasteiger partial charge is 0.280 e. The molecule has 3 aromatic rings. The Bertz CT molecular complexity index is 897. The van der Waals surface area contributed by atoms with Gasteiger partial charge in [-0.15, -0.1) is 11.3 Å². The molecular formula is C16H12ClN3OS. The molecule has 4 N–H and O–H groups in total. The molecule has 0 bridgehead atoms. The number of rotatable bonds is 2. The van der Waals surface area contributed by atoms with Crippen LogP contribution >= 0.6 is 22.9 Å². The molecule has 1 heterocycles. The van der Waals surface area contributed by atoms with E-state index in [1.807, 2.05) is 30.3 Å². The van der Waals surface area contributed by atoms with Crippen LogP contribution in [0.15, 0.2) is 53.5 Å². The number of carbonyl (C=O) groups is 1. The van der Waals surface area contributed by atoms with Gasteiger partial charge in [0, 0.05) is 21.2 Å². The largest absolute Gasteiger partial charge is 0.370 e. The standard InChI is InChI=1S/C16H12ClN3OS/c17-14-13(11-6-1-2-7-12(11)22-14)9-4-3-5-10(8-9)15(21)20-16(18)19/h1-8H,(H4,18,19,20,21). The van der Waals surface area contributed by atoms with Crippen molar-refractivity contribution < 1.29 is 4.79 Å². The molecule has 0 fully saturated rings. The second-order valence-corrected chi connectivity index (χ2v) is 6.32. The molecule has 110 valence electrons. The van der Waals surface area contributed by atoms with Crippen LogP contribution in [0.3, 0.4) is 0 Å². The number of benzene rings is 2. The number of thiophene rings is 1. The van der Waals surface area contributed by atoms with E-state index in [1.54, 1.807) is 18.2 Å². The fourth-order valence-corrected chi connectivity index (χ4v) is 3.68. The Balaban J connectivity index is 2.14. The van der Waals surface area contributed by atoms with Crippen molar-refractivity contribution in [1.82, 2.24) is 0 Å². The average Bonchev–Trinajstić information content (AvgIpc) is 2.82. The molecule has 0 aliphatic rings. The van der Waals surface area contributed by atoms with E-state index in [1.165, 1.54) is 11.3 Å². The molecule has 6 heteroatoms. The van der Waals surface area contributed by atoms with E-state index in [2.05, 4.69) is 4.99 Å². The predicted octanol–water partition coefficient (Wildman–Crippen LogP) is 3.64. The van der Waals surface area contributed by atoms with Gasteiger partial charge in [0.25, 0.3) is 5.91 Å². The number of nitrogens with zero attached hydrogens (tertiary/aromatic N) is 1. The van der Waals surface area contributed by atoms with Gasteiger partial charge in [0.2, 0.25) is 0 Å². The van der Waals surface area contributed by atoms with E-state index >= 15 is 0 Å². The Hall–Kier alpha value is -2.37. The third-order valence-corrected chi connectivity index (χ3v) is 4.56. The first kappa shape index (κ1) is 14.6. The normalized spacial score (nSPS) is 10.6. The van der Waals surface area contributed by atoms with Gasteiger partial charge in [-0.25, -0.2) is 0 Å². The van der Waals surface area contributed by atoms with Crippen molar-refractivity contribution in [1.29, 1.82) is 0 Å². The highest BCUT2D eigenvalue weighted by Crippen LogP contribution is 2.42. The minimum atomic E-state index is -0.475. The molecule has 22 heavy (non-hydrogen) atoms. The zero-order valence-corrected chi connectivity index (χ0v) is 13.0. The molecule has 2 aromatic carbocycles. The number of fused-ring (bicyclic) bond motifs is 1. The SMILES string of the molecule is NC(N)=NC(=O)c1cccc(-c2c(Cl)sc3ccccc23)c1. The van der Waals surface area contributed by atoms with Crippen molar-refractivity contribution >= 4 is 44.9 Å². The number of halogens is 1. The summed E-state index contributed by atoms with van der Waals surface area (Å²) >= 11 is 7.90. The molecule has 0 aliphatic heterocycles. The number of guanidine groups is 1. The first-order valence-electron chi connectivity index (χ1n) is 6.47. The van der Waals surface area contributed by atoms with Gasteiger partial charge in [-0.2, -0.15) is 4.99 Å². The van der Waals surface area contributed by atoms with Gasteiger partial charge < -0.3 is 11.5 Å². The van der Waals surface area contributed by atoms with Crippen molar-refractivity contribution in [3.05, 3.63) is 58.4 Å². The topological polar surface area (TPSA) is 81.5 Å². The van der Waals surface area contributed by atoms with Crippen LogP contribution in [0.25, 0.3) is 21.2 Å². The molecule has 0 unspecified atom stereocenters. The molecule has 0 atom stereocenters. The van der Waals surface area contributed by atoms with Crippen LogP contribution in [-0.4, -0.2) is 11.9 Å². The summed E-state index contributed by atoms with van der Waals surface area (Å²) < 4.78 is 1.79. The molecule has 0 spiro atoms. The quantitative estimate of drug-likeness (QED) is 0.556. The number of carbonyl (C=O) groups excluding carboxylic acids is 1. The summed E-state index contributed by atoms with van der Waals surface area (Å²) in [6.45, 7) is 0. The van der Waals surface area contributed by atoms with E-state index in [9.17, 15) is 4.79 Å². The van der Waals surface area contributed by atoms with Gasteiger partial charge in [0.1, 0.15) is 4.34 Å². The minimum absolute atomic E-state index is 0.255. The van der Waals surface area contributed by atoms with Gasteiger partial charge in [0.15, 0.2) is 5.96 Å². The fourth-order valence-electron chi connectivity index (χ4n) is 2.27. The molecule has 0 saturated heterocycles. The van der Waals surface area contributed by atoms with Crippen LogP contribution in [0.1, 0.15) is 10.4 Å². The summed E-state index contributed by atoms with van der Waals surface area (Å²) in [5.74, 6) is -0.730. The second-order valence-electron chi connectivity index (χ2n) is 4.67. The number of hydrogen-bond donors (Lipinski definition) is 2. The summed E-state index contributed by atoms with van der Waals surface area (Å²) in [5.41, 5.74) is 12.7. The lowest BCUT2D eigenvalue weighted by molar-refractivity contribution is 0.100. The molecule has 3 rings (SSSR count). The van der Waals surface area contributed by atoms with Crippen LogP contribution in [0, 0.1) is 0 Å². The highest BCUT2D eigenvalue weighted by Gasteiger charge is 2.14. The van der Waals surface area contributed by atoms with Gasteiger partial charge in [-0.1, -0.05) is 41.9 Å². The summed E-state index contributed by atoms with van der Waals surface area (Å²) in [5, 5.41) is 1.06. The lowest BCUT2D eigenvalue weighted by Crippen LogP contribution is -2.24. The molecule has 1 amide bonds. The Labute approximate surface area is 136 Å². The Morgan fingerprint density at radius 3 is 2.64 bits per heavy atom. The number of hydrogen-bond acceptors (Lipinski definition) is 2. The zero-order chi connectivity index (χ0) is 15.7. The van der Waals surface area contributed by atoms with Crippen LogP contribution in [0.5, 0.6) is 0 Å². The van der Waals surface area contributed by atoms with Gasteiger partial charge >= 0.3 is 0 Å². The van der Waals surface area contributed by atoms with Crippen LogP contribution in [0.2, 0.25) is 4.34 Å². The van der Waals surface area contributed by atoms with Crippen molar-refractivity contribution in [3.8, 4) is 11.1 Å². The van der Waals surface area contributed by atoms with Gasteiger partial charge in [-0.05, 0) is 23.8 Å². The van der Waals surface area contributed by atoms with E-state index in [0.29, 0.717) is 9.90 Å². The van der Waals surface area contributed by atoms with Crippen molar-refractivity contribution in [2.75, 3.05) is 0 Å². The van der Waals surface area contributed by atoms with Crippen LogP contribution in [0.4, 0.5) is 0 Å². The van der Waals surface area contributed by atoms with Crippen molar-refractivity contribution in [2.45, 2.75) is 0 Å². The fraction of sp³-hybridized carbons (Fsp3) is 0. The molecule has 0 aliphatic carbocycles. The Kier molecular flexibility index (Phi) is 3.83. The first-order valence-corrected chi connectivity index (χ1v) is 7.67. The van der Waals surface area contributed by atoms with Gasteiger partial charge in [0.05, 0.1) is 0 Å². The maximum absolute atomic E-state index is 11.9. The molecule has 0 saturated carbocycles. The van der Waals surface area contributed by atoms with E-state index in [-0.39, 0.29) is 5.96 Å². The monoisotopic (exact) mass is 329 g/mol. The molecular weight excluding hydrogens is 318 g/mol. The predicted molar refractivity (Wildman–Crippen MR) is 92.4 cm³/mol. The third-order valence-electron chi connectivity index (χ3n) is 3.18. The van der Waals surface area contributed by atoms with Crippen LogP contribution in [-0.2, 0) is 0 Å². The number of aliphatic imine (C=N–C) groups is 1. The summed E-state index contributed by atoms with van der Waals surface area (Å²) in [6.07, 6.45) is 0. The highest BCUT2D eigenvalue weighted by atomic mass is 35.5. The van der Waals surface area contributed by atoms with E-state index in [4.69, 9.17) is 23.1 Å². The van der Waals surface area contributed by atoms with E-state index < -0.39 is 5.91 Å². The van der Waals surface area contributed by atoms with E-state index in [0.717, 1.165) is 21.2 Å². The minimum Gasteiger partial charge on any atom is -0.370 e. The summed E-state index contributed by atoms with van der Waals surface area (Å²) in [7, 11) is 0. The summed E-state index contributed by atoms with van der Waals surface area (Å²) in [6, 6.07) is 15.1.